The van der Waals surface area contributed by atoms with Crippen molar-refractivity contribution in [3.8, 4) is 11.5 Å². The van der Waals surface area contributed by atoms with Crippen molar-refractivity contribution in [1.29, 1.82) is 0 Å². The predicted molar refractivity (Wildman–Crippen MR) is 109 cm³/mol. The summed E-state index contributed by atoms with van der Waals surface area (Å²) in [6, 6.07) is 15.0. The van der Waals surface area contributed by atoms with Crippen molar-refractivity contribution in [3.63, 3.8) is 0 Å². The molecule has 3 rings (SSSR count). The lowest BCUT2D eigenvalue weighted by Gasteiger charge is -2.11. The van der Waals surface area contributed by atoms with Gasteiger partial charge in [-0.1, -0.05) is 23.7 Å². The van der Waals surface area contributed by atoms with Gasteiger partial charge in [-0.25, -0.2) is 0 Å². The summed E-state index contributed by atoms with van der Waals surface area (Å²) in [5, 5.41) is 6.87. The zero-order valence-electron chi connectivity index (χ0n) is 14.9. The standard InChI is InChI=1S/C20H23ClN2O3.ClH/c21-17-3-7-19(8-4-17)26-12-11-25-18-5-1-15(2-6-18)13-23-20(24)16-9-10-22-14-16;/h1-8,16,22H,9-14H2,(H,23,24);1H. The molecule has 2 aromatic carbocycles. The van der Waals surface area contributed by atoms with Crippen LogP contribution in [-0.4, -0.2) is 32.2 Å². The Morgan fingerprint density at radius 2 is 1.63 bits per heavy atom. The van der Waals surface area contributed by atoms with Gasteiger partial charge in [0.25, 0.3) is 0 Å². The number of benzene rings is 2. The van der Waals surface area contributed by atoms with E-state index in [0.29, 0.717) is 24.8 Å². The molecule has 0 aliphatic carbocycles. The van der Waals surface area contributed by atoms with E-state index in [1.165, 1.54) is 0 Å². The highest BCUT2D eigenvalue weighted by Crippen LogP contribution is 2.16. The van der Waals surface area contributed by atoms with Gasteiger partial charge in [0.05, 0.1) is 5.92 Å². The molecule has 2 aromatic rings. The van der Waals surface area contributed by atoms with E-state index in [1.54, 1.807) is 12.1 Å². The first-order valence-electron chi connectivity index (χ1n) is 8.79. The second-order valence-corrected chi connectivity index (χ2v) is 6.64. The largest absolute Gasteiger partial charge is 0.490 e. The van der Waals surface area contributed by atoms with Crippen LogP contribution in [0.2, 0.25) is 5.02 Å². The van der Waals surface area contributed by atoms with E-state index in [9.17, 15) is 4.79 Å². The summed E-state index contributed by atoms with van der Waals surface area (Å²) in [6.07, 6.45) is 0.913. The van der Waals surface area contributed by atoms with Gasteiger partial charge < -0.3 is 20.1 Å². The fourth-order valence-electron chi connectivity index (χ4n) is 2.77. The van der Waals surface area contributed by atoms with Gasteiger partial charge in [-0.05, 0) is 54.9 Å². The molecule has 1 amide bonds. The molecule has 1 atom stereocenters. The third-order valence-electron chi connectivity index (χ3n) is 4.26. The summed E-state index contributed by atoms with van der Waals surface area (Å²) in [7, 11) is 0. The molecule has 1 aliphatic heterocycles. The summed E-state index contributed by atoms with van der Waals surface area (Å²) < 4.78 is 11.3. The number of halogens is 2. The molecule has 0 saturated carbocycles. The molecule has 2 N–H and O–H groups in total. The normalized spacial score (nSPS) is 15.7. The highest BCUT2D eigenvalue weighted by Gasteiger charge is 2.21. The number of hydrogen-bond donors (Lipinski definition) is 2. The molecule has 0 bridgehead atoms. The quantitative estimate of drug-likeness (QED) is 0.654. The summed E-state index contributed by atoms with van der Waals surface area (Å²) in [6.45, 7) is 3.14. The molecule has 1 fully saturated rings. The lowest BCUT2D eigenvalue weighted by Crippen LogP contribution is -2.31. The Morgan fingerprint density at radius 3 is 2.19 bits per heavy atom. The van der Waals surface area contributed by atoms with Gasteiger partial charge in [0.2, 0.25) is 5.91 Å². The Labute approximate surface area is 170 Å². The summed E-state index contributed by atoms with van der Waals surface area (Å²) >= 11 is 5.83. The average Bonchev–Trinajstić information content (AvgIpc) is 3.20. The highest BCUT2D eigenvalue weighted by atomic mass is 35.5. The highest BCUT2D eigenvalue weighted by molar-refractivity contribution is 6.30. The van der Waals surface area contributed by atoms with Crippen molar-refractivity contribution in [1.82, 2.24) is 10.6 Å². The molecule has 146 valence electrons. The molecular formula is C20H24Cl2N2O3. The number of amides is 1. The van der Waals surface area contributed by atoms with Gasteiger partial charge in [-0.15, -0.1) is 12.4 Å². The maximum atomic E-state index is 12.0. The molecular weight excluding hydrogens is 387 g/mol. The Hall–Kier alpha value is -1.95. The topological polar surface area (TPSA) is 59.6 Å². The maximum Gasteiger partial charge on any atom is 0.224 e. The zero-order valence-corrected chi connectivity index (χ0v) is 16.5. The van der Waals surface area contributed by atoms with Crippen LogP contribution in [0.4, 0.5) is 0 Å². The van der Waals surface area contributed by atoms with E-state index in [0.717, 1.165) is 36.6 Å². The summed E-state index contributed by atoms with van der Waals surface area (Å²) in [5.74, 6) is 1.76. The van der Waals surface area contributed by atoms with E-state index in [2.05, 4.69) is 10.6 Å². The molecule has 0 aromatic heterocycles. The molecule has 5 nitrogen and oxygen atoms in total. The van der Waals surface area contributed by atoms with Crippen LogP contribution < -0.4 is 20.1 Å². The van der Waals surface area contributed by atoms with Crippen LogP contribution in [0.5, 0.6) is 11.5 Å². The van der Waals surface area contributed by atoms with E-state index in [1.807, 2.05) is 36.4 Å². The van der Waals surface area contributed by atoms with Gasteiger partial charge >= 0.3 is 0 Å². The van der Waals surface area contributed by atoms with Crippen molar-refractivity contribution in [2.24, 2.45) is 5.92 Å². The first-order valence-corrected chi connectivity index (χ1v) is 9.17. The smallest absolute Gasteiger partial charge is 0.224 e. The zero-order chi connectivity index (χ0) is 18.2. The van der Waals surface area contributed by atoms with E-state index in [4.69, 9.17) is 21.1 Å². The molecule has 7 heteroatoms. The average molecular weight is 411 g/mol. The van der Waals surface area contributed by atoms with Crippen LogP contribution in [-0.2, 0) is 11.3 Å². The number of carbonyl (C=O) groups is 1. The Bertz CT molecular complexity index is 702. The second-order valence-electron chi connectivity index (χ2n) is 6.20. The van der Waals surface area contributed by atoms with Crippen molar-refractivity contribution in [2.45, 2.75) is 13.0 Å². The van der Waals surface area contributed by atoms with Gasteiger partial charge in [-0.2, -0.15) is 0 Å². The fraction of sp³-hybridized carbons (Fsp3) is 0.350. The Balaban J connectivity index is 0.00000261. The van der Waals surface area contributed by atoms with Crippen molar-refractivity contribution < 1.29 is 14.3 Å². The monoisotopic (exact) mass is 410 g/mol. The molecule has 1 heterocycles. The number of ether oxygens (including phenoxy) is 2. The first kappa shape index (κ1) is 21.4. The van der Waals surface area contributed by atoms with Crippen LogP contribution in [0.3, 0.4) is 0 Å². The molecule has 1 saturated heterocycles. The van der Waals surface area contributed by atoms with Crippen molar-refractivity contribution in [3.05, 3.63) is 59.1 Å². The molecule has 1 aliphatic rings. The predicted octanol–water partition coefficient (Wildman–Crippen LogP) is 3.45. The van der Waals surface area contributed by atoms with Gasteiger partial charge in [0, 0.05) is 18.1 Å². The Kier molecular flexibility index (Phi) is 8.72. The van der Waals surface area contributed by atoms with E-state index >= 15 is 0 Å². The second kappa shape index (κ2) is 11.0. The van der Waals surface area contributed by atoms with Crippen molar-refractivity contribution in [2.75, 3.05) is 26.3 Å². The third kappa shape index (κ3) is 6.94. The third-order valence-corrected chi connectivity index (χ3v) is 4.51. The number of carbonyl (C=O) groups excluding carboxylic acids is 1. The van der Waals surface area contributed by atoms with Crippen LogP contribution in [0.25, 0.3) is 0 Å². The minimum absolute atomic E-state index is 0. The Morgan fingerprint density at radius 1 is 1.04 bits per heavy atom. The number of hydrogen-bond acceptors (Lipinski definition) is 4. The van der Waals surface area contributed by atoms with Crippen LogP contribution in [0.1, 0.15) is 12.0 Å². The van der Waals surface area contributed by atoms with Gasteiger partial charge in [-0.3, -0.25) is 4.79 Å². The van der Waals surface area contributed by atoms with E-state index in [-0.39, 0.29) is 24.2 Å². The van der Waals surface area contributed by atoms with Crippen LogP contribution in [0, 0.1) is 5.92 Å². The van der Waals surface area contributed by atoms with Crippen molar-refractivity contribution >= 4 is 29.9 Å². The lowest BCUT2D eigenvalue weighted by molar-refractivity contribution is -0.124. The minimum Gasteiger partial charge on any atom is -0.490 e. The van der Waals surface area contributed by atoms with Gasteiger partial charge in [0.15, 0.2) is 0 Å². The molecule has 0 radical (unpaired) electrons. The first-order chi connectivity index (χ1) is 12.7. The number of nitrogens with one attached hydrogen (secondary N) is 2. The summed E-state index contributed by atoms with van der Waals surface area (Å²) in [4.78, 5) is 12.0. The minimum atomic E-state index is 0. The van der Waals surface area contributed by atoms with E-state index < -0.39 is 0 Å². The van der Waals surface area contributed by atoms with Crippen LogP contribution in [0.15, 0.2) is 48.5 Å². The number of rotatable bonds is 8. The molecule has 0 spiro atoms. The molecule has 27 heavy (non-hydrogen) atoms. The molecule has 1 unspecified atom stereocenters. The van der Waals surface area contributed by atoms with Gasteiger partial charge in [0.1, 0.15) is 24.7 Å². The fourth-order valence-corrected chi connectivity index (χ4v) is 2.89. The van der Waals surface area contributed by atoms with Crippen LogP contribution >= 0.6 is 24.0 Å². The maximum absolute atomic E-state index is 12.0. The summed E-state index contributed by atoms with van der Waals surface area (Å²) in [5.41, 5.74) is 1.05. The SMILES string of the molecule is Cl.O=C(NCc1ccc(OCCOc2ccc(Cl)cc2)cc1)C1CCNC1. The lowest BCUT2D eigenvalue weighted by atomic mass is 10.1.